The molecule has 0 aliphatic heterocycles. The van der Waals surface area contributed by atoms with Crippen molar-refractivity contribution in [2.75, 3.05) is 0 Å². The average molecular weight is 615 g/mol. The molecular formula is C44H30N4. The van der Waals surface area contributed by atoms with Gasteiger partial charge in [0.1, 0.15) is 0 Å². The summed E-state index contributed by atoms with van der Waals surface area (Å²) >= 11 is 0. The lowest BCUT2D eigenvalue weighted by Crippen LogP contribution is -2.15. The van der Waals surface area contributed by atoms with Crippen LogP contribution in [0.4, 0.5) is 0 Å². The maximum absolute atomic E-state index is 5.30. The molecule has 2 aromatic heterocycles. The second kappa shape index (κ2) is 9.93. The zero-order valence-corrected chi connectivity index (χ0v) is 26.6. The quantitative estimate of drug-likeness (QED) is 0.199. The second-order valence-electron chi connectivity index (χ2n) is 13.3. The normalized spacial score (nSPS) is 13.4. The van der Waals surface area contributed by atoms with Gasteiger partial charge in [-0.25, -0.2) is 4.98 Å². The highest BCUT2D eigenvalue weighted by Crippen LogP contribution is 2.49. The predicted octanol–water partition coefficient (Wildman–Crippen LogP) is 10.9. The van der Waals surface area contributed by atoms with Crippen molar-refractivity contribution in [2.45, 2.75) is 19.3 Å². The molecular weight excluding hydrogens is 585 g/mol. The largest absolute Gasteiger partial charge is 0.278 e. The second-order valence-corrected chi connectivity index (χ2v) is 13.3. The molecule has 0 radical (unpaired) electrons. The van der Waals surface area contributed by atoms with E-state index in [4.69, 9.17) is 15.0 Å². The SMILES string of the molecule is CC1(C)c2ccccc2-c2ccc(-c3nc(-c4ccccc4)nc(-n4c5ccc6ccccc6c5c5c6ccccc6ccc54)n3)cc21. The molecule has 1 aliphatic carbocycles. The van der Waals surface area contributed by atoms with Gasteiger partial charge in [-0.05, 0) is 62.0 Å². The van der Waals surface area contributed by atoms with E-state index in [1.165, 1.54) is 54.6 Å². The van der Waals surface area contributed by atoms with E-state index in [9.17, 15) is 0 Å². The van der Waals surface area contributed by atoms with Gasteiger partial charge in [-0.3, -0.25) is 4.57 Å². The number of fused-ring (bicyclic) bond motifs is 10. The third-order valence-electron chi connectivity index (χ3n) is 10.2. The molecule has 7 aromatic carbocycles. The molecule has 0 unspecified atom stereocenters. The van der Waals surface area contributed by atoms with Gasteiger partial charge in [0.05, 0.1) is 11.0 Å². The van der Waals surface area contributed by atoms with Crippen molar-refractivity contribution in [1.82, 2.24) is 19.5 Å². The Kier molecular flexibility index (Phi) is 5.59. The first-order valence-electron chi connectivity index (χ1n) is 16.5. The highest BCUT2D eigenvalue weighted by atomic mass is 15.2. The van der Waals surface area contributed by atoms with Gasteiger partial charge in [0.15, 0.2) is 11.6 Å². The third kappa shape index (κ3) is 3.80. The van der Waals surface area contributed by atoms with Crippen LogP contribution < -0.4 is 0 Å². The molecule has 9 aromatic rings. The molecule has 0 atom stereocenters. The Morgan fingerprint density at radius 2 is 1.02 bits per heavy atom. The number of hydrogen-bond acceptors (Lipinski definition) is 3. The summed E-state index contributed by atoms with van der Waals surface area (Å²) in [7, 11) is 0. The van der Waals surface area contributed by atoms with Crippen LogP contribution in [0.15, 0.2) is 146 Å². The summed E-state index contributed by atoms with van der Waals surface area (Å²) in [5.74, 6) is 1.91. The van der Waals surface area contributed by atoms with Crippen molar-refractivity contribution in [1.29, 1.82) is 0 Å². The fourth-order valence-corrected chi connectivity index (χ4v) is 7.92. The minimum Gasteiger partial charge on any atom is -0.278 e. The molecule has 48 heavy (non-hydrogen) atoms. The highest BCUT2D eigenvalue weighted by molar-refractivity contribution is 6.28. The number of rotatable bonds is 3. The maximum atomic E-state index is 5.30. The van der Waals surface area contributed by atoms with Crippen LogP contribution in [0.25, 0.3) is 83.2 Å². The molecule has 10 rings (SSSR count). The summed E-state index contributed by atoms with van der Waals surface area (Å²) < 4.78 is 2.23. The van der Waals surface area contributed by atoms with Gasteiger partial charge in [-0.1, -0.05) is 141 Å². The monoisotopic (exact) mass is 614 g/mol. The standard InChI is InChI=1S/C44H30N4/c1-44(2)35-19-11-10-18-33(35)34-23-20-30(26-36(34)44)42-45-41(29-14-4-3-5-15-29)46-43(47-42)48-37-24-21-27-12-6-8-16-31(27)39(37)40-32-17-9-7-13-28(32)22-25-38(40)48/h3-26H,1-2H3. The van der Waals surface area contributed by atoms with Gasteiger partial charge >= 0.3 is 0 Å². The van der Waals surface area contributed by atoms with Crippen LogP contribution in [0.1, 0.15) is 25.0 Å². The van der Waals surface area contributed by atoms with E-state index in [0.29, 0.717) is 17.6 Å². The lowest BCUT2D eigenvalue weighted by molar-refractivity contribution is 0.660. The van der Waals surface area contributed by atoms with E-state index < -0.39 is 0 Å². The summed E-state index contributed by atoms with van der Waals surface area (Å²) in [6.07, 6.45) is 0. The number of hydrogen-bond donors (Lipinski definition) is 0. The molecule has 0 saturated heterocycles. The molecule has 0 saturated carbocycles. The van der Waals surface area contributed by atoms with Crippen molar-refractivity contribution < 1.29 is 0 Å². The third-order valence-corrected chi connectivity index (χ3v) is 10.2. The molecule has 0 amide bonds. The van der Waals surface area contributed by atoms with Gasteiger partial charge < -0.3 is 0 Å². The zero-order chi connectivity index (χ0) is 32.0. The van der Waals surface area contributed by atoms with Crippen LogP contribution in [0.5, 0.6) is 0 Å². The van der Waals surface area contributed by atoms with Crippen LogP contribution in [-0.2, 0) is 5.41 Å². The Morgan fingerprint density at radius 3 is 1.71 bits per heavy atom. The van der Waals surface area contributed by atoms with Crippen molar-refractivity contribution in [3.05, 3.63) is 157 Å². The Bertz CT molecular complexity index is 2660. The van der Waals surface area contributed by atoms with Crippen molar-refractivity contribution >= 4 is 43.4 Å². The van der Waals surface area contributed by atoms with E-state index in [0.717, 1.165) is 22.2 Å². The van der Waals surface area contributed by atoms with Gasteiger partial charge in [0.25, 0.3) is 0 Å². The molecule has 0 bridgehead atoms. The molecule has 4 heteroatoms. The molecule has 1 aliphatic rings. The number of benzene rings is 7. The highest BCUT2D eigenvalue weighted by Gasteiger charge is 2.35. The number of aromatic nitrogens is 4. The summed E-state index contributed by atoms with van der Waals surface area (Å²) in [5.41, 5.74) is 9.16. The Hall–Kier alpha value is -6.13. The first kappa shape index (κ1) is 27.0. The van der Waals surface area contributed by atoms with Crippen LogP contribution in [0.2, 0.25) is 0 Å². The predicted molar refractivity (Wildman–Crippen MR) is 198 cm³/mol. The van der Waals surface area contributed by atoms with Gasteiger partial charge in [0, 0.05) is 27.3 Å². The Labute approximate surface area is 278 Å². The van der Waals surface area contributed by atoms with E-state index in [2.05, 4.69) is 146 Å². The lowest BCUT2D eigenvalue weighted by atomic mass is 9.82. The van der Waals surface area contributed by atoms with Crippen LogP contribution in [0.3, 0.4) is 0 Å². The minimum absolute atomic E-state index is 0.130. The molecule has 226 valence electrons. The first-order valence-corrected chi connectivity index (χ1v) is 16.5. The fraction of sp³-hybridized carbons (Fsp3) is 0.0682. The first-order chi connectivity index (χ1) is 23.6. The van der Waals surface area contributed by atoms with E-state index in [1.54, 1.807) is 0 Å². The van der Waals surface area contributed by atoms with Gasteiger partial charge in [-0.15, -0.1) is 0 Å². The van der Waals surface area contributed by atoms with Crippen LogP contribution in [0, 0.1) is 0 Å². The summed E-state index contributed by atoms with van der Waals surface area (Å²) in [6, 6.07) is 51.8. The molecule has 4 nitrogen and oxygen atoms in total. The maximum Gasteiger partial charge on any atom is 0.238 e. The lowest BCUT2D eigenvalue weighted by Gasteiger charge is -2.21. The molecule has 0 fully saturated rings. The van der Waals surface area contributed by atoms with Crippen LogP contribution >= 0.6 is 0 Å². The molecule has 2 heterocycles. The summed E-state index contributed by atoms with van der Waals surface area (Å²) in [5, 5.41) is 7.27. The minimum atomic E-state index is -0.130. The van der Waals surface area contributed by atoms with Gasteiger partial charge in [-0.2, -0.15) is 9.97 Å². The van der Waals surface area contributed by atoms with Crippen molar-refractivity contribution in [3.8, 4) is 39.9 Å². The fourth-order valence-electron chi connectivity index (χ4n) is 7.92. The van der Waals surface area contributed by atoms with Gasteiger partial charge in [0.2, 0.25) is 5.95 Å². The summed E-state index contributed by atoms with van der Waals surface area (Å²) in [4.78, 5) is 15.6. The number of nitrogens with zero attached hydrogens (tertiary/aromatic N) is 4. The van der Waals surface area contributed by atoms with Crippen LogP contribution in [-0.4, -0.2) is 19.5 Å². The Balaban J connectivity index is 1.28. The smallest absolute Gasteiger partial charge is 0.238 e. The summed E-state index contributed by atoms with van der Waals surface area (Å²) in [6.45, 7) is 4.62. The van der Waals surface area contributed by atoms with Crippen molar-refractivity contribution in [2.24, 2.45) is 0 Å². The zero-order valence-electron chi connectivity index (χ0n) is 26.6. The Morgan fingerprint density at radius 1 is 0.458 bits per heavy atom. The van der Waals surface area contributed by atoms with Crippen molar-refractivity contribution in [3.63, 3.8) is 0 Å². The topological polar surface area (TPSA) is 43.6 Å². The van der Waals surface area contributed by atoms with E-state index >= 15 is 0 Å². The van der Waals surface area contributed by atoms with E-state index in [1.807, 2.05) is 18.2 Å². The average Bonchev–Trinajstić information content (AvgIpc) is 3.61. The molecule has 0 N–H and O–H groups in total. The van der Waals surface area contributed by atoms with E-state index in [-0.39, 0.29) is 5.41 Å². The molecule has 0 spiro atoms.